The molecule has 0 saturated heterocycles. The van der Waals surface area contributed by atoms with E-state index in [4.69, 9.17) is 11.1 Å². The van der Waals surface area contributed by atoms with Crippen molar-refractivity contribution in [3.8, 4) is 0 Å². The standard InChI is InChI=1S/C10H14N4/c1-14(7-2-3-7)9-6-13-5-4-8(9)10(11)12/h4-7H,2-3H2,1H3,(H3,11,12). The minimum absolute atomic E-state index is 0.106. The summed E-state index contributed by atoms with van der Waals surface area (Å²) in [5.74, 6) is 0.106. The van der Waals surface area contributed by atoms with E-state index in [2.05, 4.69) is 9.88 Å². The van der Waals surface area contributed by atoms with Crippen molar-refractivity contribution in [2.24, 2.45) is 5.73 Å². The summed E-state index contributed by atoms with van der Waals surface area (Å²) in [6.07, 6.45) is 5.89. The van der Waals surface area contributed by atoms with E-state index in [1.165, 1.54) is 12.8 Å². The third kappa shape index (κ3) is 1.55. The van der Waals surface area contributed by atoms with Gasteiger partial charge in [0.25, 0.3) is 0 Å². The number of hydrogen-bond donors (Lipinski definition) is 2. The van der Waals surface area contributed by atoms with Crippen LogP contribution in [-0.2, 0) is 0 Å². The number of rotatable bonds is 3. The van der Waals surface area contributed by atoms with Crippen LogP contribution in [0.5, 0.6) is 0 Å². The summed E-state index contributed by atoms with van der Waals surface area (Å²) in [7, 11) is 2.03. The number of hydrogen-bond acceptors (Lipinski definition) is 3. The van der Waals surface area contributed by atoms with Crippen LogP contribution in [0, 0.1) is 5.41 Å². The van der Waals surface area contributed by atoms with E-state index in [1.807, 2.05) is 7.05 Å². The van der Waals surface area contributed by atoms with Crippen LogP contribution in [0.15, 0.2) is 18.5 Å². The fourth-order valence-electron chi connectivity index (χ4n) is 1.55. The smallest absolute Gasteiger partial charge is 0.125 e. The van der Waals surface area contributed by atoms with Crippen LogP contribution in [0.4, 0.5) is 5.69 Å². The van der Waals surface area contributed by atoms with Crippen molar-refractivity contribution in [2.75, 3.05) is 11.9 Å². The van der Waals surface area contributed by atoms with Crippen molar-refractivity contribution in [1.29, 1.82) is 5.41 Å². The van der Waals surface area contributed by atoms with E-state index in [-0.39, 0.29) is 5.84 Å². The van der Waals surface area contributed by atoms with E-state index < -0.39 is 0 Å². The molecule has 1 saturated carbocycles. The minimum atomic E-state index is 0.106. The number of aromatic nitrogens is 1. The summed E-state index contributed by atoms with van der Waals surface area (Å²) in [5, 5.41) is 7.45. The first-order chi connectivity index (χ1) is 6.70. The number of nitrogens with two attached hydrogens (primary N) is 1. The largest absolute Gasteiger partial charge is 0.384 e. The molecule has 1 aromatic heterocycles. The third-order valence-corrected chi connectivity index (χ3v) is 2.56. The Labute approximate surface area is 83.3 Å². The zero-order valence-corrected chi connectivity index (χ0v) is 8.20. The summed E-state index contributed by atoms with van der Waals surface area (Å²) in [5.41, 5.74) is 7.24. The molecule has 4 nitrogen and oxygen atoms in total. The highest BCUT2D eigenvalue weighted by Gasteiger charge is 2.27. The monoisotopic (exact) mass is 190 g/mol. The zero-order chi connectivity index (χ0) is 10.1. The average molecular weight is 190 g/mol. The molecule has 1 fully saturated rings. The van der Waals surface area contributed by atoms with Crippen LogP contribution in [0.1, 0.15) is 18.4 Å². The normalized spacial score (nSPS) is 15.2. The van der Waals surface area contributed by atoms with Gasteiger partial charge in [-0.05, 0) is 18.9 Å². The molecule has 1 aliphatic carbocycles. The molecule has 74 valence electrons. The van der Waals surface area contributed by atoms with Gasteiger partial charge in [0.2, 0.25) is 0 Å². The third-order valence-electron chi connectivity index (χ3n) is 2.56. The highest BCUT2D eigenvalue weighted by Crippen LogP contribution is 2.31. The van der Waals surface area contributed by atoms with Crippen LogP contribution < -0.4 is 10.6 Å². The number of nitrogen functional groups attached to an aromatic ring is 1. The fraction of sp³-hybridized carbons (Fsp3) is 0.400. The fourth-order valence-corrected chi connectivity index (χ4v) is 1.55. The summed E-state index contributed by atoms with van der Waals surface area (Å²) < 4.78 is 0. The predicted molar refractivity (Wildman–Crippen MR) is 56.7 cm³/mol. The maximum absolute atomic E-state index is 7.45. The second-order valence-corrected chi connectivity index (χ2v) is 3.65. The predicted octanol–water partition coefficient (Wildman–Crippen LogP) is 0.964. The Balaban J connectivity index is 2.34. The molecule has 0 radical (unpaired) electrons. The van der Waals surface area contributed by atoms with Gasteiger partial charge in [-0.25, -0.2) is 0 Å². The van der Waals surface area contributed by atoms with Gasteiger partial charge in [0.05, 0.1) is 11.9 Å². The lowest BCUT2D eigenvalue weighted by Gasteiger charge is -2.20. The Kier molecular flexibility index (Phi) is 2.11. The van der Waals surface area contributed by atoms with Crippen LogP contribution in [-0.4, -0.2) is 23.9 Å². The molecule has 0 bridgehead atoms. The first-order valence-electron chi connectivity index (χ1n) is 4.71. The van der Waals surface area contributed by atoms with Crippen LogP contribution in [0.3, 0.4) is 0 Å². The molecular weight excluding hydrogens is 176 g/mol. The topological polar surface area (TPSA) is 66.0 Å². The first-order valence-corrected chi connectivity index (χ1v) is 4.71. The lowest BCUT2D eigenvalue weighted by molar-refractivity contribution is 0.910. The first kappa shape index (κ1) is 8.99. The molecule has 2 rings (SSSR count). The van der Waals surface area contributed by atoms with Crippen LogP contribution in [0.2, 0.25) is 0 Å². The lowest BCUT2D eigenvalue weighted by atomic mass is 10.2. The summed E-state index contributed by atoms with van der Waals surface area (Å²) in [4.78, 5) is 6.22. The Morgan fingerprint density at radius 1 is 1.64 bits per heavy atom. The van der Waals surface area contributed by atoms with E-state index >= 15 is 0 Å². The Bertz CT molecular complexity index is 357. The Morgan fingerprint density at radius 2 is 2.36 bits per heavy atom. The molecule has 0 unspecified atom stereocenters. The SMILES string of the molecule is CN(c1cnccc1C(=N)N)C1CC1. The number of nitrogens with one attached hydrogen (secondary N) is 1. The van der Waals surface area contributed by atoms with Gasteiger partial charge in [-0.15, -0.1) is 0 Å². The van der Waals surface area contributed by atoms with Gasteiger partial charge in [-0.1, -0.05) is 0 Å². The maximum Gasteiger partial charge on any atom is 0.125 e. The van der Waals surface area contributed by atoms with Gasteiger partial charge in [-0.2, -0.15) is 0 Å². The van der Waals surface area contributed by atoms with Crippen LogP contribution >= 0.6 is 0 Å². The van der Waals surface area contributed by atoms with Crippen LogP contribution in [0.25, 0.3) is 0 Å². The Hall–Kier alpha value is -1.58. The quantitative estimate of drug-likeness (QED) is 0.551. The summed E-state index contributed by atoms with van der Waals surface area (Å²) in [6, 6.07) is 2.40. The molecule has 0 atom stereocenters. The molecule has 3 N–H and O–H groups in total. The van der Waals surface area contributed by atoms with Gasteiger partial charge in [0.1, 0.15) is 5.84 Å². The molecular formula is C10H14N4. The van der Waals surface area contributed by atoms with Gasteiger partial charge < -0.3 is 10.6 Å². The van der Waals surface area contributed by atoms with Gasteiger partial charge in [0, 0.05) is 24.8 Å². The average Bonchev–Trinajstić information content (AvgIpc) is 3.00. The molecule has 0 spiro atoms. The molecule has 1 aromatic rings. The van der Waals surface area contributed by atoms with Gasteiger partial charge in [-0.3, -0.25) is 10.4 Å². The highest BCUT2D eigenvalue weighted by molar-refractivity contribution is 6.00. The van der Waals surface area contributed by atoms with Crippen molar-refractivity contribution in [2.45, 2.75) is 18.9 Å². The molecule has 1 aliphatic rings. The molecule has 0 amide bonds. The van der Waals surface area contributed by atoms with Crippen molar-refractivity contribution in [1.82, 2.24) is 4.98 Å². The minimum Gasteiger partial charge on any atom is -0.384 e. The Morgan fingerprint density at radius 3 is 2.93 bits per heavy atom. The second-order valence-electron chi connectivity index (χ2n) is 3.65. The summed E-state index contributed by atoms with van der Waals surface area (Å²) >= 11 is 0. The van der Waals surface area contributed by atoms with Crippen molar-refractivity contribution in [3.63, 3.8) is 0 Å². The second kappa shape index (κ2) is 3.29. The molecule has 0 aliphatic heterocycles. The van der Waals surface area contributed by atoms with Crippen molar-refractivity contribution < 1.29 is 0 Å². The van der Waals surface area contributed by atoms with Crippen molar-refractivity contribution in [3.05, 3.63) is 24.0 Å². The van der Waals surface area contributed by atoms with E-state index in [1.54, 1.807) is 18.5 Å². The van der Waals surface area contributed by atoms with Crippen molar-refractivity contribution >= 4 is 11.5 Å². The van der Waals surface area contributed by atoms with E-state index in [0.717, 1.165) is 11.3 Å². The maximum atomic E-state index is 7.45. The van der Waals surface area contributed by atoms with Gasteiger partial charge >= 0.3 is 0 Å². The van der Waals surface area contributed by atoms with E-state index in [9.17, 15) is 0 Å². The number of anilines is 1. The molecule has 4 heteroatoms. The zero-order valence-electron chi connectivity index (χ0n) is 8.20. The van der Waals surface area contributed by atoms with Gasteiger partial charge in [0.15, 0.2) is 0 Å². The molecule has 1 heterocycles. The number of pyridine rings is 1. The lowest BCUT2D eigenvalue weighted by Crippen LogP contribution is -2.24. The molecule has 14 heavy (non-hydrogen) atoms. The number of amidine groups is 1. The highest BCUT2D eigenvalue weighted by atomic mass is 15.2. The summed E-state index contributed by atoms with van der Waals surface area (Å²) in [6.45, 7) is 0. The molecule has 0 aromatic carbocycles. The van der Waals surface area contributed by atoms with E-state index in [0.29, 0.717) is 6.04 Å². The number of nitrogens with zero attached hydrogens (tertiary/aromatic N) is 2.